The summed E-state index contributed by atoms with van der Waals surface area (Å²) in [5, 5.41) is 9.61. The van der Waals surface area contributed by atoms with E-state index in [9.17, 15) is 9.59 Å². The zero-order valence-corrected chi connectivity index (χ0v) is 16.0. The second-order valence-electron chi connectivity index (χ2n) is 5.55. The molecule has 2 amide bonds. The van der Waals surface area contributed by atoms with Crippen molar-refractivity contribution in [1.82, 2.24) is 14.8 Å². The monoisotopic (exact) mass is 461 g/mol. The first-order valence-electron chi connectivity index (χ1n) is 7.85. The maximum absolute atomic E-state index is 12.3. The van der Waals surface area contributed by atoms with Gasteiger partial charge in [0.15, 0.2) is 0 Å². The number of nitrogens with one attached hydrogen (secondary N) is 2. The Labute approximate surface area is 164 Å². The Hall–Kier alpha value is -2.75. The molecule has 0 bridgehead atoms. The number of carbonyl (C=O) groups excluding carboxylic acids is 2. The number of aromatic nitrogens is 3. The van der Waals surface area contributed by atoms with Gasteiger partial charge in [0.25, 0.3) is 5.91 Å². The van der Waals surface area contributed by atoms with Gasteiger partial charge in [0, 0.05) is 14.9 Å². The van der Waals surface area contributed by atoms with Crippen LogP contribution in [0.25, 0.3) is 0 Å². The highest BCUT2D eigenvalue weighted by atomic mass is 127. The van der Waals surface area contributed by atoms with E-state index >= 15 is 0 Å². The van der Waals surface area contributed by atoms with Crippen LogP contribution in [0.5, 0.6) is 0 Å². The number of amides is 2. The molecule has 0 radical (unpaired) electrons. The summed E-state index contributed by atoms with van der Waals surface area (Å²) in [5.74, 6) is -0.377. The number of nitrogens with zero attached hydrogens (tertiary/aromatic N) is 3. The highest BCUT2D eigenvalue weighted by molar-refractivity contribution is 14.1. The third-order valence-electron chi connectivity index (χ3n) is 3.74. The lowest BCUT2D eigenvalue weighted by Gasteiger charge is -2.12. The van der Waals surface area contributed by atoms with Crippen LogP contribution in [0.4, 0.5) is 11.4 Å². The third kappa shape index (κ3) is 4.26. The molecule has 1 unspecified atom stereocenters. The summed E-state index contributed by atoms with van der Waals surface area (Å²) in [5.41, 5.74) is 1.90. The molecule has 26 heavy (non-hydrogen) atoms. The van der Waals surface area contributed by atoms with Crippen molar-refractivity contribution in [2.45, 2.75) is 13.0 Å². The zero-order valence-electron chi connectivity index (χ0n) is 13.9. The number of halogens is 1. The summed E-state index contributed by atoms with van der Waals surface area (Å²) in [6, 6.07) is 13.8. The van der Waals surface area contributed by atoms with Gasteiger partial charge in [-0.2, -0.15) is 5.10 Å². The van der Waals surface area contributed by atoms with E-state index in [4.69, 9.17) is 0 Å². The number of rotatable bonds is 5. The van der Waals surface area contributed by atoms with Crippen LogP contribution >= 0.6 is 22.6 Å². The molecule has 3 aromatic rings. The quantitative estimate of drug-likeness (QED) is 0.571. The van der Waals surface area contributed by atoms with Gasteiger partial charge < -0.3 is 10.6 Å². The fourth-order valence-corrected chi connectivity index (χ4v) is 2.90. The van der Waals surface area contributed by atoms with Gasteiger partial charge in [-0.1, -0.05) is 12.1 Å². The summed E-state index contributed by atoms with van der Waals surface area (Å²) < 4.78 is 2.36. The lowest BCUT2D eigenvalue weighted by Crippen LogP contribution is -2.24. The summed E-state index contributed by atoms with van der Waals surface area (Å²) in [4.78, 5) is 28.4. The van der Waals surface area contributed by atoms with E-state index in [1.54, 1.807) is 37.3 Å². The highest BCUT2D eigenvalue weighted by Gasteiger charge is 2.15. The number of benzene rings is 2. The lowest BCUT2D eigenvalue weighted by molar-refractivity contribution is -0.119. The molecule has 0 aliphatic carbocycles. The Morgan fingerprint density at radius 1 is 1.04 bits per heavy atom. The van der Waals surface area contributed by atoms with Gasteiger partial charge in [0.05, 0.1) is 5.56 Å². The van der Waals surface area contributed by atoms with Gasteiger partial charge in [-0.15, -0.1) is 0 Å². The lowest BCUT2D eigenvalue weighted by atomic mass is 10.2. The largest absolute Gasteiger partial charge is 0.324 e. The van der Waals surface area contributed by atoms with E-state index in [0.29, 0.717) is 16.9 Å². The minimum absolute atomic E-state index is 0.174. The maximum Gasteiger partial charge on any atom is 0.256 e. The van der Waals surface area contributed by atoms with Crippen molar-refractivity contribution in [2.75, 3.05) is 10.6 Å². The Bertz CT molecular complexity index is 910. The Kier molecular flexibility index (Phi) is 5.61. The van der Waals surface area contributed by atoms with Crippen LogP contribution in [0.2, 0.25) is 0 Å². The van der Waals surface area contributed by atoms with E-state index in [0.717, 1.165) is 3.57 Å². The molecule has 2 N–H and O–H groups in total. The van der Waals surface area contributed by atoms with Crippen molar-refractivity contribution >= 4 is 45.8 Å². The van der Waals surface area contributed by atoms with Gasteiger partial charge in [0.2, 0.25) is 5.91 Å². The molecule has 1 atom stereocenters. The number of carbonyl (C=O) groups is 2. The molecule has 0 spiro atoms. The van der Waals surface area contributed by atoms with Crippen molar-refractivity contribution in [2.24, 2.45) is 0 Å². The Morgan fingerprint density at radius 2 is 1.69 bits per heavy atom. The van der Waals surface area contributed by atoms with Crippen LogP contribution in [0.3, 0.4) is 0 Å². The summed E-state index contributed by atoms with van der Waals surface area (Å²) in [7, 11) is 0. The molecule has 132 valence electrons. The average molecular weight is 461 g/mol. The van der Waals surface area contributed by atoms with Crippen molar-refractivity contribution in [1.29, 1.82) is 0 Å². The smallest absolute Gasteiger partial charge is 0.256 e. The molecule has 1 heterocycles. The predicted octanol–water partition coefficient (Wildman–Crippen LogP) is 3.33. The molecular formula is C18H16IN5O2. The van der Waals surface area contributed by atoms with Crippen LogP contribution in [-0.4, -0.2) is 26.6 Å². The molecular weight excluding hydrogens is 445 g/mol. The molecule has 2 aromatic carbocycles. The molecule has 0 fully saturated rings. The van der Waals surface area contributed by atoms with Gasteiger partial charge in [-0.3, -0.25) is 9.59 Å². The molecule has 3 rings (SSSR count). The molecule has 8 heteroatoms. The first kappa shape index (κ1) is 18.1. The summed E-state index contributed by atoms with van der Waals surface area (Å²) in [6.07, 6.45) is 2.88. The first-order valence-corrected chi connectivity index (χ1v) is 8.93. The van der Waals surface area contributed by atoms with E-state index in [1.807, 2.05) is 18.2 Å². The van der Waals surface area contributed by atoms with E-state index in [-0.39, 0.29) is 11.8 Å². The second kappa shape index (κ2) is 8.09. The highest BCUT2D eigenvalue weighted by Crippen LogP contribution is 2.18. The van der Waals surface area contributed by atoms with Gasteiger partial charge in [0.1, 0.15) is 18.7 Å². The van der Waals surface area contributed by atoms with Gasteiger partial charge in [-0.25, -0.2) is 9.67 Å². The maximum atomic E-state index is 12.3. The molecule has 0 aliphatic rings. The molecule has 1 aromatic heterocycles. The zero-order chi connectivity index (χ0) is 18.5. The van der Waals surface area contributed by atoms with E-state index in [2.05, 4.69) is 43.3 Å². The number of hydrogen-bond acceptors (Lipinski definition) is 4. The third-order valence-corrected chi connectivity index (χ3v) is 4.68. The number of hydrogen-bond donors (Lipinski definition) is 2. The Morgan fingerprint density at radius 3 is 2.31 bits per heavy atom. The standard InChI is InChI=1S/C18H16IN5O2/c1-12(24-11-20-10-21-24)17(25)22-13-6-8-14(9-7-13)23-18(26)15-4-2-3-5-16(15)19/h2-12H,1H3,(H,22,25)(H,23,26). The SMILES string of the molecule is CC(C(=O)Nc1ccc(NC(=O)c2ccccc2I)cc1)n1cncn1. The van der Waals surface area contributed by atoms with Crippen molar-refractivity contribution in [3.8, 4) is 0 Å². The predicted molar refractivity (Wildman–Crippen MR) is 107 cm³/mol. The topological polar surface area (TPSA) is 88.9 Å². The van der Waals surface area contributed by atoms with Crippen LogP contribution < -0.4 is 10.6 Å². The first-order chi connectivity index (χ1) is 12.5. The number of anilines is 2. The Balaban J connectivity index is 1.62. The van der Waals surface area contributed by atoms with Crippen molar-refractivity contribution in [3.63, 3.8) is 0 Å². The fraction of sp³-hybridized carbons (Fsp3) is 0.111. The molecule has 0 aliphatic heterocycles. The van der Waals surface area contributed by atoms with Crippen LogP contribution in [0.15, 0.2) is 61.2 Å². The van der Waals surface area contributed by atoms with Crippen LogP contribution in [-0.2, 0) is 4.79 Å². The van der Waals surface area contributed by atoms with E-state index < -0.39 is 6.04 Å². The molecule has 7 nitrogen and oxygen atoms in total. The van der Waals surface area contributed by atoms with Crippen LogP contribution in [0.1, 0.15) is 23.3 Å². The molecule has 0 saturated carbocycles. The van der Waals surface area contributed by atoms with Crippen molar-refractivity contribution < 1.29 is 9.59 Å². The normalized spacial score (nSPS) is 11.6. The minimum atomic E-state index is -0.475. The van der Waals surface area contributed by atoms with Gasteiger partial charge in [-0.05, 0) is 65.9 Å². The van der Waals surface area contributed by atoms with E-state index in [1.165, 1.54) is 17.3 Å². The van der Waals surface area contributed by atoms with Gasteiger partial charge >= 0.3 is 0 Å². The minimum Gasteiger partial charge on any atom is -0.324 e. The van der Waals surface area contributed by atoms with Crippen LogP contribution in [0, 0.1) is 3.57 Å². The average Bonchev–Trinajstić information content (AvgIpc) is 3.17. The summed E-state index contributed by atoms with van der Waals surface area (Å²) in [6.45, 7) is 1.74. The van der Waals surface area contributed by atoms with Crippen molar-refractivity contribution in [3.05, 3.63) is 70.3 Å². The molecule has 0 saturated heterocycles. The second-order valence-corrected chi connectivity index (χ2v) is 6.71. The fourth-order valence-electron chi connectivity index (χ4n) is 2.26. The summed E-state index contributed by atoms with van der Waals surface area (Å²) >= 11 is 2.13.